The molecule has 0 atom stereocenters. The van der Waals surface area contributed by atoms with Gasteiger partial charge < -0.3 is 15.0 Å². The Bertz CT molecular complexity index is 431. The van der Waals surface area contributed by atoms with E-state index in [1.807, 2.05) is 4.90 Å². The quantitative estimate of drug-likeness (QED) is 0.912. The van der Waals surface area contributed by atoms with Gasteiger partial charge in [-0.3, -0.25) is 4.79 Å². The molecule has 0 radical (unpaired) electrons. The zero-order valence-electron chi connectivity index (χ0n) is 10.4. The third kappa shape index (κ3) is 3.07. The average molecular weight is 269 g/mol. The number of likely N-dealkylation sites (tertiary alicyclic amines) is 1. The molecule has 1 N–H and O–H groups in total. The van der Waals surface area contributed by atoms with Gasteiger partial charge in [0, 0.05) is 18.1 Å². The average Bonchev–Trinajstić information content (AvgIpc) is 2.90. The van der Waals surface area contributed by atoms with Crippen LogP contribution in [0.1, 0.15) is 12.8 Å². The number of hydrogen-bond acceptors (Lipinski definition) is 3. The lowest BCUT2D eigenvalue weighted by atomic mass is 10.3. The minimum atomic E-state index is 0.120. The number of nitrogens with zero attached hydrogens (tertiary/aromatic N) is 1. The first-order valence-corrected chi connectivity index (χ1v) is 6.43. The molecule has 1 aromatic carbocycles. The fraction of sp³-hybridized carbons (Fsp3) is 0.462. The Labute approximate surface area is 112 Å². The summed E-state index contributed by atoms with van der Waals surface area (Å²) in [5, 5.41) is 3.70. The van der Waals surface area contributed by atoms with Gasteiger partial charge in [-0.25, -0.2) is 0 Å². The summed E-state index contributed by atoms with van der Waals surface area (Å²) in [6, 6.07) is 5.30. The van der Waals surface area contributed by atoms with Crippen molar-refractivity contribution in [2.24, 2.45) is 0 Å². The highest BCUT2D eigenvalue weighted by Gasteiger charge is 2.17. The second-order valence-electron chi connectivity index (χ2n) is 4.29. The lowest BCUT2D eigenvalue weighted by Crippen LogP contribution is -2.33. The van der Waals surface area contributed by atoms with Gasteiger partial charge in [-0.15, -0.1) is 0 Å². The maximum Gasteiger partial charge on any atom is 0.241 e. The summed E-state index contributed by atoms with van der Waals surface area (Å²) in [5.74, 6) is 0.808. The van der Waals surface area contributed by atoms with E-state index in [0.717, 1.165) is 31.6 Å². The third-order valence-corrected chi connectivity index (χ3v) is 3.29. The van der Waals surface area contributed by atoms with Crippen LogP contribution in [0.2, 0.25) is 5.02 Å². The van der Waals surface area contributed by atoms with Gasteiger partial charge in [0.2, 0.25) is 5.91 Å². The number of amides is 1. The highest BCUT2D eigenvalue weighted by molar-refractivity contribution is 6.30. The summed E-state index contributed by atoms with van der Waals surface area (Å²) >= 11 is 5.93. The molecule has 0 saturated carbocycles. The number of nitrogens with one attached hydrogen (secondary N) is 1. The Balaban J connectivity index is 1.96. The third-order valence-electron chi connectivity index (χ3n) is 3.05. The van der Waals surface area contributed by atoms with Gasteiger partial charge >= 0.3 is 0 Å². The molecule has 2 rings (SSSR count). The van der Waals surface area contributed by atoms with E-state index in [1.165, 1.54) is 0 Å². The molecular weight excluding hydrogens is 252 g/mol. The predicted molar refractivity (Wildman–Crippen MR) is 72.3 cm³/mol. The fourth-order valence-corrected chi connectivity index (χ4v) is 2.24. The molecule has 98 valence electrons. The van der Waals surface area contributed by atoms with Crippen molar-refractivity contribution in [2.75, 3.05) is 32.1 Å². The summed E-state index contributed by atoms with van der Waals surface area (Å²) in [6.07, 6.45) is 2.21. The number of ether oxygens (including phenoxy) is 1. The number of anilines is 1. The molecule has 5 heteroatoms. The standard InChI is InChI=1S/C13H17ClN2O2/c1-18-12-5-4-10(14)8-11(12)15-9-13(17)16-6-2-3-7-16/h4-5,8,15H,2-3,6-7,9H2,1H3. The van der Waals surface area contributed by atoms with Crippen LogP contribution in [0.15, 0.2) is 18.2 Å². The molecule has 1 amide bonds. The highest BCUT2D eigenvalue weighted by Crippen LogP contribution is 2.27. The van der Waals surface area contributed by atoms with Crippen LogP contribution in [0, 0.1) is 0 Å². The van der Waals surface area contributed by atoms with E-state index in [9.17, 15) is 4.79 Å². The maximum atomic E-state index is 11.9. The number of carbonyl (C=O) groups excluding carboxylic acids is 1. The Morgan fingerprint density at radius 1 is 1.44 bits per heavy atom. The van der Waals surface area contributed by atoms with Gasteiger partial charge in [0.1, 0.15) is 5.75 Å². The van der Waals surface area contributed by atoms with Crippen LogP contribution in [0.4, 0.5) is 5.69 Å². The summed E-state index contributed by atoms with van der Waals surface area (Å²) in [6.45, 7) is 2.01. The van der Waals surface area contributed by atoms with E-state index in [-0.39, 0.29) is 12.5 Å². The molecule has 0 aromatic heterocycles. The zero-order valence-corrected chi connectivity index (χ0v) is 11.2. The number of halogens is 1. The molecular formula is C13H17ClN2O2. The monoisotopic (exact) mass is 268 g/mol. The normalized spacial score (nSPS) is 14.7. The van der Waals surface area contributed by atoms with Crippen molar-refractivity contribution < 1.29 is 9.53 Å². The van der Waals surface area contributed by atoms with Crippen molar-refractivity contribution in [1.82, 2.24) is 4.90 Å². The lowest BCUT2D eigenvalue weighted by Gasteiger charge is -2.17. The Kier molecular flexibility index (Phi) is 4.31. The second kappa shape index (κ2) is 5.96. The molecule has 4 nitrogen and oxygen atoms in total. The van der Waals surface area contributed by atoms with Crippen molar-refractivity contribution in [3.8, 4) is 5.75 Å². The smallest absolute Gasteiger partial charge is 0.241 e. The maximum absolute atomic E-state index is 11.9. The SMILES string of the molecule is COc1ccc(Cl)cc1NCC(=O)N1CCCC1. The largest absolute Gasteiger partial charge is 0.495 e. The van der Waals surface area contributed by atoms with Crippen LogP contribution in [0.25, 0.3) is 0 Å². The molecule has 1 saturated heterocycles. The van der Waals surface area contributed by atoms with Gasteiger partial charge in [-0.05, 0) is 31.0 Å². The zero-order chi connectivity index (χ0) is 13.0. The summed E-state index contributed by atoms with van der Waals surface area (Å²) in [7, 11) is 1.59. The molecule has 1 aliphatic rings. The highest BCUT2D eigenvalue weighted by atomic mass is 35.5. The van der Waals surface area contributed by atoms with Crippen molar-refractivity contribution in [1.29, 1.82) is 0 Å². The molecule has 18 heavy (non-hydrogen) atoms. The minimum Gasteiger partial charge on any atom is -0.495 e. The van der Waals surface area contributed by atoms with Crippen molar-refractivity contribution in [3.05, 3.63) is 23.2 Å². The van der Waals surface area contributed by atoms with E-state index >= 15 is 0 Å². The van der Waals surface area contributed by atoms with Gasteiger partial charge in [0.25, 0.3) is 0 Å². The molecule has 0 spiro atoms. The topological polar surface area (TPSA) is 41.6 Å². The van der Waals surface area contributed by atoms with Crippen LogP contribution in [0.3, 0.4) is 0 Å². The lowest BCUT2D eigenvalue weighted by molar-refractivity contribution is -0.128. The predicted octanol–water partition coefficient (Wildman–Crippen LogP) is 2.38. The van der Waals surface area contributed by atoms with E-state index in [1.54, 1.807) is 25.3 Å². The van der Waals surface area contributed by atoms with Crippen molar-refractivity contribution >= 4 is 23.2 Å². The molecule has 1 aliphatic heterocycles. The molecule has 1 aromatic rings. The van der Waals surface area contributed by atoms with Crippen molar-refractivity contribution in [2.45, 2.75) is 12.8 Å². The Morgan fingerprint density at radius 2 is 2.17 bits per heavy atom. The van der Waals surface area contributed by atoms with E-state index in [4.69, 9.17) is 16.3 Å². The van der Waals surface area contributed by atoms with E-state index < -0.39 is 0 Å². The minimum absolute atomic E-state index is 0.120. The first kappa shape index (κ1) is 13.0. The van der Waals surface area contributed by atoms with Crippen LogP contribution in [0.5, 0.6) is 5.75 Å². The molecule has 0 bridgehead atoms. The second-order valence-corrected chi connectivity index (χ2v) is 4.72. The number of benzene rings is 1. The van der Waals surface area contributed by atoms with Crippen LogP contribution < -0.4 is 10.1 Å². The van der Waals surface area contributed by atoms with Gasteiger partial charge in [-0.1, -0.05) is 11.6 Å². The van der Waals surface area contributed by atoms with Gasteiger partial charge in [0.05, 0.1) is 19.3 Å². The van der Waals surface area contributed by atoms with Crippen LogP contribution in [-0.4, -0.2) is 37.6 Å². The first-order chi connectivity index (χ1) is 8.70. The molecule has 0 unspecified atom stereocenters. The molecule has 0 aliphatic carbocycles. The van der Waals surface area contributed by atoms with Gasteiger partial charge in [0.15, 0.2) is 0 Å². The van der Waals surface area contributed by atoms with E-state index in [2.05, 4.69) is 5.32 Å². The first-order valence-electron chi connectivity index (χ1n) is 6.06. The van der Waals surface area contributed by atoms with Crippen LogP contribution >= 0.6 is 11.6 Å². The van der Waals surface area contributed by atoms with E-state index in [0.29, 0.717) is 10.8 Å². The summed E-state index contributed by atoms with van der Waals surface area (Å²) in [5.41, 5.74) is 0.748. The fourth-order valence-electron chi connectivity index (χ4n) is 2.07. The number of carbonyl (C=O) groups is 1. The van der Waals surface area contributed by atoms with Gasteiger partial charge in [-0.2, -0.15) is 0 Å². The Hall–Kier alpha value is -1.42. The van der Waals surface area contributed by atoms with Crippen LogP contribution in [-0.2, 0) is 4.79 Å². The summed E-state index contributed by atoms with van der Waals surface area (Å²) < 4.78 is 5.21. The van der Waals surface area contributed by atoms with Crippen molar-refractivity contribution in [3.63, 3.8) is 0 Å². The Morgan fingerprint density at radius 3 is 2.83 bits per heavy atom. The number of rotatable bonds is 4. The summed E-state index contributed by atoms with van der Waals surface area (Å²) in [4.78, 5) is 13.8. The molecule has 1 fully saturated rings. The molecule has 1 heterocycles. The number of methoxy groups -OCH3 is 1. The number of hydrogen-bond donors (Lipinski definition) is 1.